The van der Waals surface area contributed by atoms with Crippen LogP contribution in [0, 0.1) is 5.92 Å². The fourth-order valence-corrected chi connectivity index (χ4v) is 1.83. The molecule has 0 aromatic heterocycles. The molecule has 1 aromatic carbocycles. The zero-order valence-corrected chi connectivity index (χ0v) is 12.4. The van der Waals surface area contributed by atoms with Crippen molar-refractivity contribution in [1.29, 1.82) is 0 Å². The van der Waals surface area contributed by atoms with E-state index in [2.05, 4.69) is 5.32 Å². The Morgan fingerprint density at radius 1 is 1.39 bits per heavy atom. The summed E-state index contributed by atoms with van der Waals surface area (Å²) in [7, 11) is 0. The third-order valence-electron chi connectivity index (χ3n) is 2.45. The van der Waals surface area contributed by atoms with E-state index in [0.29, 0.717) is 28.7 Å². The molecule has 3 nitrogen and oxygen atoms in total. The van der Waals surface area contributed by atoms with Crippen LogP contribution in [-0.2, 0) is 11.2 Å². The molecule has 18 heavy (non-hydrogen) atoms. The van der Waals surface area contributed by atoms with Gasteiger partial charge in [0.15, 0.2) is 0 Å². The van der Waals surface area contributed by atoms with Crippen LogP contribution in [0.2, 0.25) is 10.0 Å². The highest BCUT2D eigenvalue weighted by atomic mass is 35.5. The summed E-state index contributed by atoms with van der Waals surface area (Å²) in [5.74, 6) is 0.168. The molecule has 0 aliphatic heterocycles. The molecule has 6 heteroatoms. The van der Waals surface area contributed by atoms with Gasteiger partial charge in [0.1, 0.15) is 0 Å². The van der Waals surface area contributed by atoms with E-state index in [1.165, 1.54) is 0 Å². The van der Waals surface area contributed by atoms with Gasteiger partial charge in [-0.15, -0.1) is 12.4 Å². The molecule has 1 atom stereocenters. The molecule has 1 amide bonds. The molecule has 0 radical (unpaired) electrons. The van der Waals surface area contributed by atoms with Crippen LogP contribution in [0.4, 0.5) is 0 Å². The summed E-state index contributed by atoms with van der Waals surface area (Å²) in [6.07, 6.45) is 0.190. The molecule has 0 bridgehead atoms. The molecular formula is C12H17Cl3N2O. The number of hydrogen-bond acceptors (Lipinski definition) is 2. The number of hydrogen-bond donors (Lipinski definition) is 2. The van der Waals surface area contributed by atoms with E-state index in [-0.39, 0.29) is 30.7 Å². The summed E-state index contributed by atoms with van der Waals surface area (Å²) in [6, 6.07) is 5.19. The number of benzene rings is 1. The van der Waals surface area contributed by atoms with Crippen LogP contribution in [0.1, 0.15) is 12.5 Å². The summed E-state index contributed by atoms with van der Waals surface area (Å²) in [4.78, 5) is 11.7. The summed E-state index contributed by atoms with van der Waals surface area (Å²) >= 11 is 12.0. The van der Waals surface area contributed by atoms with Crippen molar-refractivity contribution in [2.45, 2.75) is 13.3 Å². The number of rotatable bonds is 5. The van der Waals surface area contributed by atoms with Crippen LogP contribution in [0.15, 0.2) is 18.2 Å². The average molecular weight is 312 g/mol. The molecule has 1 unspecified atom stereocenters. The van der Waals surface area contributed by atoms with E-state index in [1.54, 1.807) is 18.2 Å². The topological polar surface area (TPSA) is 55.1 Å². The Balaban J connectivity index is 0.00000289. The second-order valence-corrected chi connectivity index (χ2v) is 4.84. The van der Waals surface area contributed by atoms with Gasteiger partial charge in [0.2, 0.25) is 5.91 Å². The highest BCUT2D eigenvalue weighted by Gasteiger charge is 2.11. The Morgan fingerprint density at radius 2 is 1.94 bits per heavy atom. The van der Waals surface area contributed by atoms with Crippen molar-refractivity contribution in [3.63, 3.8) is 0 Å². The first-order chi connectivity index (χ1) is 8.04. The molecule has 0 saturated heterocycles. The number of nitrogens with two attached hydrogens (primary N) is 1. The van der Waals surface area contributed by atoms with Crippen molar-refractivity contribution in [3.8, 4) is 0 Å². The van der Waals surface area contributed by atoms with Crippen LogP contribution < -0.4 is 11.1 Å². The molecule has 0 heterocycles. The summed E-state index contributed by atoms with van der Waals surface area (Å²) in [5, 5.41) is 3.83. The van der Waals surface area contributed by atoms with Crippen LogP contribution in [0.5, 0.6) is 0 Å². The summed E-state index contributed by atoms with van der Waals surface area (Å²) < 4.78 is 0. The predicted octanol–water partition coefficient (Wildman–Crippen LogP) is 2.67. The highest BCUT2D eigenvalue weighted by Crippen LogP contribution is 2.24. The molecule has 1 aromatic rings. The first-order valence-corrected chi connectivity index (χ1v) is 6.19. The van der Waals surface area contributed by atoms with Crippen molar-refractivity contribution in [2.75, 3.05) is 13.1 Å². The Kier molecular flexibility index (Phi) is 8.36. The van der Waals surface area contributed by atoms with Crippen molar-refractivity contribution in [3.05, 3.63) is 33.8 Å². The minimum absolute atomic E-state index is 0. The van der Waals surface area contributed by atoms with Crippen LogP contribution in [0.3, 0.4) is 0 Å². The van der Waals surface area contributed by atoms with Crippen molar-refractivity contribution in [2.24, 2.45) is 11.7 Å². The fourth-order valence-electron chi connectivity index (χ4n) is 1.30. The molecule has 0 saturated carbocycles. The molecule has 0 aliphatic carbocycles. The molecular weight excluding hydrogens is 295 g/mol. The number of amides is 1. The molecule has 0 spiro atoms. The lowest BCUT2D eigenvalue weighted by Crippen LogP contribution is -2.32. The smallest absolute Gasteiger partial charge is 0.224 e. The number of halogens is 3. The second kappa shape index (κ2) is 8.59. The fraction of sp³-hybridized carbons (Fsp3) is 0.417. The number of nitrogens with one attached hydrogen (secondary N) is 1. The predicted molar refractivity (Wildman–Crippen MR) is 78.6 cm³/mol. The minimum Gasteiger partial charge on any atom is -0.355 e. The van der Waals surface area contributed by atoms with Crippen molar-refractivity contribution >= 4 is 41.5 Å². The lowest BCUT2D eigenvalue weighted by Gasteiger charge is -2.11. The van der Waals surface area contributed by atoms with Gasteiger partial charge >= 0.3 is 0 Å². The molecule has 0 aliphatic rings. The third-order valence-corrected chi connectivity index (χ3v) is 3.16. The quantitative estimate of drug-likeness (QED) is 0.878. The lowest BCUT2D eigenvalue weighted by molar-refractivity contribution is -0.120. The Morgan fingerprint density at radius 3 is 2.44 bits per heavy atom. The van der Waals surface area contributed by atoms with E-state index < -0.39 is 0 Å². The summed E-state index contributed by atoms with van der Waals surface area (Å²) in [6.45, 7) is 3.09. The monoisotopic (exact) mass is 310 g/mol. The van der Waals surface area contributed by atoms with Gasteiger partial charge in [0.25, 0.3) is 0 Å². The van der Waals surface area contributed by atoms with Crippen LogP contribution in [0.25, 0.3) is 0 Å². The minimum atomic E-state index is -0.0969. The van der Waals surface area contributed by atoms with E-state index in [1.807, 2.05) is 6.92 Å². The average Bonchev–Trinajstić information content (AvgIpc) is 2.31. The van der Waals surface area contributed by atoms with Gasteiger partial charge in [-0.25, -0.2) is 0 Å². The largest absolute Gasteiger partial charge is 0.355 e. The van der Waals surface area contributed by atoms with E-state index in [4.69, 9.17) is 28.9 Å². The van der Waals surface area contributed by atoms with Gasteiger partial charge in [0.05, 0.1) is 6.42 Å². The van der Waals surface area contributed by atoms with Gasteiger partial charge < -0.3 is 11.1 Å². The maximum absolute atomic E-state index is 11.7. The van der Waals surface area contributed by atoms with Crippen molar-refractivity contribution < 1.29 is 4.79 Å². The maximum atomic E-state index is 11.7. The first kappa shape index (κ1) is 17.5. The normalized spacial score (nSPS) is 11.6. The SMILES string of the molecule is CC(CN)CNC(=O)Cc1c(Cl)cccc1Cl.Cl. The molecule has 102 valence electrons. The Labute approximate surface area is 123 Å². The Bertz CT molecular complexity index is 379. The number of carbonyl (C=O) groups is 1. The first-order valence-electron chi connectivity index (χ1n) is 5.44. The lowest BCUT2D eigenvalue weighted by atomic mass is 10.1. The van der Waals surface area contributed by atoms with E-state index in [9.17, 15) is 4.79 Å². The van der Waals surface area contributed by atoms with Gasteiger partial charge in [0, 0.05) is 16.6 Å². The molecule has 0 fully saturated rings. The summed E-state index contributed by atoms with van der Waals surface area (Å²) in [5.41, 5.74) is 6.13. The highest BCUT2D eigenvalue weighted by molar-refractivity contribution is 6.36. The maximum Gasteiger partial charge on any atom is 0.224 e. The Hall–Kier alpha value is -0.480. The van der Waals surface area contributed by atoms with E-state index >= 15 is 0 Å². The van der Waals surface area contributed by atoms with E-state index in [0.717, 1.165) is 0 Å². The van der Waals surface area contributed by atoms with Crippen LogP contribution in [-0.4, -0.2) is 19.0 Å². The third kappa shape index (κ3) is 5.44. The van der Waals surface area contributed by atoms with Crippen molar-refractivity contribution in [1.82, 2.24) is 5.32 Å². The molecule has 3 N–H and O–H groups in total. The molecule has 1 rings (SSSR count). The number of carbonyl (C=O) groups excluding carboxylic acids is 1. The zero-order chi connectivity index (χ0) is 12.8. The van der Waals surface area contributed by atoms with Gasteiger partial charge in [-0.1, -0.05) is 36.2 Å². The van der Waals surface area contributed by atoms with Gasteiger partial charge in [-0.2, -0.15) is 0 Å². The standard InChI is InChI=1S/C12H16Cl2N2O.ClH/c1-8(6-15)7-16-12(17)5-9-10(13)3-2-4-11(9)14;/h2-4,8H,5-7,15H2,1H3,(H,16,17);1H. The van der Waals surface area contributed by atoms with Gasteiger partial charge in [-0.05, 0) is 30.2 Å². The van der Waals surface area contributed by atoms with Gasteiger partial charge in [-0.3, -0.25) is 4.79 Å². The second-order valence-electron chi connectivity index (χ2n) is 4.02. The zero-order valence-electron chi connectivity index (χ0n) is 10.1. The van der Waals surface area contributed by atoms with Crippen LogP contribution >= 0.6 is 35.6 Å².